The van der Waals surface area contributed by atoms with Crippen molar-refractivity contribution in [2.24, 2.45) is 0 Å². The van der Waals surface area contributed by atoms with Crippen molar-refractivity contribution in [3.63, 3.8) is 0 Å². The Labute approximate surface area is 116 Å². The van der Waals surface area contributed by atoms with Gasteiger partial charge in [-0.15, -0.1) is 0 Å². The minimum Gasteiger partial charge on any atom is -0.377 e. The van der Waals surface area contributed by atoms with Crippen LogP contribution in [0.5, 0.6) is 0 Å². The van der Waals surface area contributed by atoms with Crippen LogP contribution in [0, 0.1) is 0 Å². The van der Waals surface area contributed by atoms with E-state index in [9.17, 15) is 0 Å². The van der Waals surface area contributed by atoms with Crippen LogP contribution in [0.4, 0.5) is 5.82 Å². The first-order valence-electron chi connectivity index (χ1n) is 7.30. The molecule has 19 heavy (non-hydrogen) atoms. The van der Waals surface area contributed by atoms with Gasteiger partial charge in [0.2, 0.25) is 0 Å². The predicted octanol–water partition coefficient (Wildman–Crippen LogP) is 2.51. The van der Waals surface area contributed by atoms with Gasteiger partial charge >= 0.3 is 0 Å². The molecule has 2 rings (SSSR count). The van der Waals surface area contributed by atoms with E-state index in [-0.39, 0.29) is 0 Å². The summed E-state index contributed by atoms with van der Waals surface area (Å²) in [5.41, 5.74) is 1.32. The summed E-state index contributed by atoms with van der Waals surface area (Å²) in [6.45, 7) is 9.29. The summed E-state index contributed by atoms with van der Waals surface area (Å²) >= 11 is 0. The van der Waals surface area contributed by atoms with E-state index < -0.39 is 0 Å². The van der Waals surface area contributed by atoms with E-state index >= 15 is 0 Å². The van der Waals surface area contributed by atoms with Crippen LogP contribution in [0.1, 0.15) is 32.3 Å². The quantitative estimate of drug-likeness (QED) is 0.886. The second-order valence-electron chi connectivity index (χ2n) is 5.25. The molecule has 1 aromatic heterocycles. The topological polar surface area (TPSA) is 37.4 Å². The Morgan fingerprint density at radius 2 is 2.42 bits per heavy atom. The van der Waals surface area contributed by atoms with Gasteiger partial charge in [-0.3, -0.25) is 4.90 Å². The van der Waals surface area contributed by atoms with Crippen molar-refractivity contribution in [3.05, 3.63) is 23.9 Å². The molecule has 1 aliphatic rings. The molecule has 0 radical (unpaired) electrons. The number of hydrogen-bond donors (Lipinski definition) is 1. The minimum atomic E-state index is 0.335. The van der Waals surface area contributed by atoms with Crippen molar-refractivity contribution in [3.8, 4) is 0 Å². The molecule has 1 aromatic rings. The molecule has 106 valence electrons. The number of hydrogen-bond acceptors (Lipinski definition) is 4. The molecule has 4 heteroatoms. The second-order valence-corrected chi connectivity index (χ2v) is 5.25. The molecule has 0 aliphatic carbocycles. The normalized spacial score (nSPS) is 21.1. The molecule has 0 aromatic carbocycles. The zero-order valence-electron chi connectivity index (χ0n) is 12.1. The number of nitrogens with one attached hydrogen (secondary N) is 1. The first-order valence-corrected chi connectivity index (χ1v) is 7.30. The summed E-state index contributed by atoms with van der Waals surface area (Å²) in [6.07, 6.45) is 4.47. The number of pyridine rings is 1. The van der Waals surface area contributed by atoms with E-state index in [1.807, 2.05) is 6.20 Å². The summed E-state index contributed by atoms with van der Waals surface area (Å²) in [5, 5.41) is 3.34. The van der Waals surface area contributed by atoms with Crippen molar-refractivity contribution in [2.45, 2.75) is 39.3 Å². The monoisotopic (exact) mass is 263 g/mol. The van der Waals surface area contributed by atoms with Crippen LogP contribution in [0.2, 0.25) is 0 Å². The molecule has 1 atom stereocenters. The number of nitrogens with zero attached hydrogens (tertiary/aromatic N) is 2. The number of aromatic nitrogens is 1. The van der Waals surface area contributed by atoms with E-state index in [4.69, 9.17) is 4.74 Å². The molecule has 2 heterocycles. The molecule has 4 nitrogen and oxygen atoms in total. The highest BCUT2D eigenvalue weighted by molar-refractivity contribution is 5.37. The van der Waals surface area contributed by atoms with Crippen LogP contribution in [-0.2, 0) is 11.3 Å². The molecule has 1 fully saturated rings. The van der Waals surface area contributed by atoms with Crippen molar-refractivity contribution in [1.82, 2.24) is 9.88 Å². The summed E-state index contributed by atoms with van der Waals surface area (Å²) in [6, 6.07) is 4.26. The molecular weight excluding hydrogens is 238 g/mol. The number of ether oxygens (including phenoxy) is 1. The van der Waals surface area contributed by atoms with Gasteiger partial charge in [0.05, 0.1) is 6.10 Å². The first-order chi connectivity index (χ1) is 9.28. The van der Waals surface area contributed by atoms with E-state index in [1.165, 1.54) is 5.56 Å². The Kier molecular flexibility index (Phi) is 5.61. The van der Waals surface area contributed by atoms with Gasteiger partial charge in [0.25, 0.3) is 0 Å². The molecule has 0 bridgehead atoms. The average molecular weight is 263 g/mol. The largest absolute Gasteiger partial charge is 0.377 e. The third kappa shape index (κ3) is 4.80. The summed E-state index contributed by atoms with van der Waals surface area (Å²) in [4.78, 5) is 6.82. The lowest BCUT2D eigenvalue weighted by Gasteiger charge is -2.21. The smallest absolute Gasteiger partial charge is 0.126 e. The molecule has 1 saturated heterocycles. The lowest BCUT2D eigenvalue weighted by atomic mass is 10.2. The van der Waals surface area contributed by atoms with Crippen LogP contribution in [-0.4, -0.2) is 42.2 Å². The molecule has 0 amide bonds. The summed E-state index contributed by atoms with van der Waals surface area (Å²) < 4.78 is 5.68. The fourth-order valence-electron chi connectivity index (χ4n) is 2.40. The zero-order valence-corrected chi connectivity index (χ0v) is 12.1. The van der Waals surface area contributed by atoms with Gasteiger partial charge in [-0.25, -0.2) is 4.98 Å². The SMILES string of the molecule is CCCNc1cc(CN2CCCOC(C)C2)ccn1. The van der Waals surface area contributed by atoms with Crippen molar-refractivity contribution < 1.29 is 4.74 Å². The summed E-state index contributed by atoms with van der Waals surface area (Å²) in [7, 11) is 0. The maximum absolute atomic E-state index is 5.68. The first kappa shape index (κ1) is 14.3. The minimum absolute atomic E-state index is 0.335. The fourth-order valence-corrected chi connectivity index (χ4v) is 2.40. The Hall–Kier alpha value is -1.13. The Morgan fingerprint density at radius 3 is 3.26 bits per heavy atom. The Bertz CT molecular complexity index is 383. The zero-order chi connectivity index (χ0) is 13.5. The highest BCUT2D eigenvalue weighted by atomic mass is 16.5. The highest BCUT2D eigenvalue weighted by Crippen LogP contribution is 2.13. The standard InChI is InChI=1S/C15H25N3O/c1-3-6-16-15-10-14(5-7-17-15)12-18-8-4-9-19-13(2)11-18/h5,7,10,13H,3-4,6,8-9,11-12H2,1-2H3,(H,16,17). The van der Waals surface area contributed by atoms with E-state index in [0.29, 0.717) is 6.10 Å². The number of anilines is 1. The van der Waals surface area contributed by atoms with Crippen LogP contribution >= 0.6 is 0 Å². The van der Waals surface area contributed by atoms with Gasteiger partial charge in [-0.2, -0.15) is 0 Å². The maximum Gasteiger partial charge on any atom is 0.126 e. The maximum atomic E-state index is 5.68. The van der Waals surface area contributed by atoms with E-state index in [1.54, 1.807) is 0 Å². The summed E-state index contributed by atoms with van der Waals surface area (Å²) in [5.74, 6) is 0.985. The van der Waals surface area contributed by atoms with Gasteiger partial charge < -0.3 is 10.1 Å². The molecule has 1 aliphatic heterocycles. The van der Waals surface area contributed by atoms with E-state index in [2.05, 4.69) is 41.2 Å². The van der Waals surface area contributed by atoms with Crippen LogP contribution < -0.4 is 5.32 Å². The third-order valence-electron chi connectivity index (χ3n) is 3.32. The van der Waals surface area contributed by atoms with Gasteiger partial charge in [0.1, 0.15) is 5.82 Å². The predicted molar refractivity (Wildman–Crippen MR) is 78.3 cm³/mol. The van der Waals surface area contributed by atoms with Crippen molar-refractivity contribution in [1.29, 1.82) is 0 Å². The highest BCUT2D eigenvalue weighted by Gasteiger charge is 2.15. The third-order valence-corrected chi connectivity index (χ3v) is 3.32. The van der Waals surface area contributed by atoms with Crippen LogP contribution in [0.15, 0.2) is 18.3 Å². The Morgan fingerprint density at radius 1 is 1.53 bits per heavy atom. The molecule has 0 spiro atoms. The van der Waals surface area contributed by atoms with Gasteiger partial charge in [-0.1, -0.05) is 6.92 Å². The van der Waals surface area contributed by atoms with Crippen molar-refractivity contribution >= 4 is 5.82 Å². The van der Waals surface area contributed by atoms with Gasteiger partial charge in [0, 0.05) is 39.0 Å². The Balaban J connectivity index is 1.93. The van der Waals surface area contributed by atoms with Crippen molar-refractivity contribution in [2.75, 3.05) is 31.6 Å². The lowest BCUT2D eigenvalue weighted by molar-refractivity contribution is 0.0668. The average Bonchev–Trinajstić information content (AvgIpc) is 2.61. The van der Waals surface area contributed by atoms with Gasteiger partial charge in [0.15, 0.2) is 0 Å². The fraction of sp³-hybridized carbons (Fsp3) is 0.667. The molecule has 1 N–H and O–H groups in total. The van der Waals surface area contributed by atoms with Crippen LogP contribution in [0.3, 0.4) is 0 Å². The van der Waals surface area contributed by atoms with Crippen LogP contribution in [0.25, 0.3) is 0 Å². The number of rotatable bonds is 5. The van der Waals surface area contributed by atoms with E-state index in [0.717, 1.165) is 51.4 Å². The second kappa shape index (κ2) is 7.46. The molecule has 1 unspecified atom stereocenters. The lowest BCUT2D eigenvalue weighted by Crippen LogP contribution is -2.29. The van der Waals surface area contributed by atoms with Gasteiger partial charge in [-0.05, 0) is 37.5 Å². The molecule has 0 saturated carbocycles. The molecular formula is C15H25N3O.